The number of phenolic OH excluding ortho intramolecular Hbond substituents is 1. The zero-order chi connectivity index (χ0) is 48.8. The molecular formula is C52H65N5O10. The van der Waals surface area contributed by atoms with Crippen LogP contribution < -0.4 is 45.5 Å². The van der Waals surface area contributed by atoms with Crippen molar-refractivity contribution in [3.05, 3.63) is 125 Å². The first-order chi connectivity index (χ1) is 32.0. The maximum absolute atomic E-state index is 14.7. The van der Waals surface area contributed by atoms with Gasteiger partial charge in [-0.05, 0) is 69.5 Å². The fourth-order valence-corrected chi connectivity index (χ4v) is 7.85. The molecule has 15 heteroatoms. The SMILES string of the molecule is COc1ccc(CNC(=O)[C@@H](NC(=O)[C@H](NCc2cc(OC)c(OC)c(OC)c2)[C@@H](O)[C@H](Cc2ccccc2)NC(=O)[C@@H](NC(=O)Cc2cccc3ccccc23)C(C)(C)C)C(C)C)c(O)c1. The molecule has 5 aromatic rings. The van der Waals surface area contributed by atoms with Crippen LogP contribution in [-0.4, -0.2) is 92.6 Å². The summed E-state index contributed by atoms with van der Waals surface area (Å²) in [6.45, 7) is 8.98. The quantitative estimate of drug-likeness (QED) is 0.0471. The minimum absolute atomic E-state index is 0.0119. The Hall–Kier alpha value is -6.84. The Morgan fingerprint density at radius 3 is 1.91 bits per heavy atom. The maximum atomic E-state index is 14.7. The lowest BCUT2D eigenvalue weighted by Crippen LogP contribution is -2.64. The molecule has 0 aliphatic rings. The van der Waals surface area contributed by atoms with Crippen molar-refractivity contribution in [1.82, 2.24) is 26.6 Å². The first-order valence-corrected chi connectivity index (χ1v) is 22.2. The number of fused-ring (bicyclic) bond motifs is 1. The summed E-state index contributed by atoms with van der Waals surface area (Å²) < 4.78 is 21.8. The van der Waals surface area contributed by atoms with Gasteiger partial charge in [-0.1, -0.05) is 107 Å². The summed E-state index contributed by atoms with van der Waals surface area (Å²) in [6, 6.07) is 26.1. The van der Waals surface area contributed by atoms with E-state index in [2.05, 4.69) is 26.6 Å². The largest absolute Gasteiger partial charge is 0.507 e. The van der Waals surface area contributed by atoms with Crippen LogP contribution in [0.1, 0.15) is 56.9 Å². The van der Waals surface area contributed by atoms with Gasteiger partial charge in [-0.3, -0.25) is 24.5 Å². The number of rotatable bonds is 22. The Balaban J connectivity index is 1.47. The van der Waals surface area contributed by atoms with Gasteiger partial charge >= 0.3 is 0 Å². The highest BCUT2D eigenvalue weighted by Crippen LogP contribution is 2.38. The van der Waals surface area contributed by atoms with Crippen molar-refractivity contribution in [2.24, 2.45) is 11.3 Å². The number of aliphatic hydroxyl groups is 1. The van der Waals surface area contributed by atoms with Crippen molar-refractivity contribution in [3.8, 4) is 28.7 Å². The van der Waals surface area contributed by atoms with Crippen LogP contribution >= 0.6 is 0 Å². The average Bonchev–Trinajstić information content (AvgIpc) is 3.31. The number of amides is 4. The van der Waals surface area contributed by atoms with Crippen molar-refractivity contribution in [2.75, 3.05) is 28.4 Å². The van der Waals surface area contributed by atoms with Crippen LogP contribution in [0.3, 0.4) is 0 Å². The lowest BCUT2D eigenvalue weighted by atomic mass is 9.85. The lowest BCUT2D eigenvalue weighted by Gasteiger charge is -2.35. The summed E-state index contributed by atoms with van der Waals surface area (Å²) in [5.74, 6) is -1.16. The van der Waals surface area contributed by atoms with Gasteiger partial charge in [-0.2, -0.15) is 0 Å². The molecular weight excluding hydrogens is 855 g/mol. The number of hydrogen-bond donors (Lipinski definition) is 7. The van der Waals surface area contributed by atoms with Crippen molar-refractivity contribution in [2.45, 2.75) is 90.8 Å². The molecule has 0 bridgehead atoms. The average molecular weight is 920 g/mol. The zero-order valence-electron chi connectivity index (χ0n) is 39.8. The molecule has 15 nitrogen and oxygen atoms in total. The number of carbonyl (C=O) groups excluding carboxylic acids is 4. The van der Waals surface area contributed by atoms with Crippen LogP contribution in [0.15, 0.2) is 103 Å². The highest BCUT2D eigenvalue weighted by molar-refractivity contribution is 5.93. The third kappa shape index (κ3) is 13.6. The second-order valence-electron chi connectivity index (χ2n) is 17.8. The Bertz CT molecular complexity index is 2440. The van der Waals surface area contributed by atoms with Crippen molar-refractivity contribution >= 4 is 34.4 Å². The zero-order valence-corrected chi connectivity index (χ0v) is 39.8. The summed E-state index contributed by atoms with van der Waals surface area (Å²) >= 11 is 0. The van der Waals surface area contributed by atoms with E-state index in [9.17, 15) is 29.4 Å². The number of hydrogen-bond acceptors (Lipinski definition) is 11. The molecule has 5 rings (SSSR count). The number of phenols is 1. The molecule has 0 aliphatic carbocycles. The molecule has 0 fully saturated rings. The molecule has 0 radical (unpaired) electrons. The van der Waals surface area contributed by atoms with Crippen LogP contribution in [0.5, 0.6) is 28.7 Å². The fourth-order valence-electron chi connectivity index (χ4n) is 7.85. The molecule has 5 atom stereocenters. The molecule has 7 N–H and O–H groups in total. The van der Waals surface area contributed by atoms with Crippen LogP contribution in [-0.2, 0) is 45.1 Å². The first-order valence-electron chi connectivity index (χ1n) is 22.2. The molecule has 67 heavy (non-hydrogen) atoms. The van der Waals surface area contributed by atoms with Gasteiger partial charge in [0.05, 0.1) is 47.0 Å². The molecule has 0 heterocycles. The smallest absolute Gasteiger partial charge is 0.243 e. The van der Waals surface area contributed by atoms with E-state index in [-0.39, 0.29) is 37.6 Å². The Kier molecular flexibility index (Phi) is 18.0. The van der Waals surface area contributed by atoms with E-state index in [1.165, 1.54) is 34.5 Å². The molecule has 0 aromatic heterocycles. The van der Waals surface area contributed by atoms with Gasteiger partial charge in [0, 0.05) is 24.7 Å². The molecule has 0 aliphatic heterocycles. The summed E-state index contributed by atoms with van der Waals surface area (Å²) in [5, 5.41) is 39.8. The molecule has 358 valence electrons. The van der Waals surface area contributed by atoms with Gasteiger partial charge in [0.15, 0.2) is 11.5 Å². The number of ether oxygens (including phenoxy) is 4. The molecule has 0 spiro atoms. The normalized spacial score (nSPS) is 13.7. The Labute approximate surface area is 392 Å². The van der Waals surface area contributed by atoms with E-state index in [0.717, 1.165) is 21.9 Å². The Morgan fingerprint density at radius 2 is 1.30 bits per heavy atom. The summed E-state index contributed by atoms with van der Waals surface area (Å²) in [6.07, 6.45) is -1.51. The number of methoxy groups -OCH3 is 4. The van der Waals surface area contributed by atoms with Gasteiger partial charge < -0.3 is 50.4 Å². The molecule has 4 amide bonds. The summed E-state index contributed by atoms with van der Waals surface area (Å²) in [5.41, 5.74) is 1.80. The van der Waals surface area contributed by atoms with Gasteiger partial charge in [0.2, 0.25) is 29.4 Å². The number of nitrogens with one attached hydrogen (secondary N) is 5. The van der Waals surface area contributed by atoms with E-state index in [1.54, 1.807) is 38.1 Å². The molecule has 0 saturated carbocycles. The predicted molar refractivity (Wildman–Crippen MR) is 257 cm³/mol. The summed E-state index contributed by atoms with van der Waals surface area (Å²) in [7, 11) is 5.92. The van der Waals surface area contributed by atoms with Crippen molar-refractivity contribution in [1.29, 1.82) is 0 Å². The van der Waals surface area contributed by atoms with Crippen molar-refractivity contribution in [3.63, 3.8) is 0 Å². The second-order valence-corrected chi connectivity index (χ2v) is 17.8. The minimum Gasteiger partial charge on any atom is -0.507 e. The minimum atomic E-state index is -1.62. The van der Waals surface area contributed by atoms with E-state index in [1.807, 2.05) is 93.6 Å². The number of carbonyl (C=O) groups is 4. The predicted octanol–water partition coefficient (Wildman–Crippen LogP) is 5.36. The third-order valence-corrected chi connectivity index (χ3v) is 11.6. The monoisotopic (exact) mass is 919 g/mol. The molecule has 5 aromatic carbocycles. The number of aromatic hydroxyl groups is 1. The highest BCUT2D eigenvalue weighted by atomic mass is 16.5. The van der Waals surface area contributed by atoms with Crippen LogP contribution in [0.25, 0.3) is 10.8 Å². The second kappa shape index (κ2) is 23.6. The maximum Gasteiger partial charge on any atom is 0.243 e. The summed E-state index contributed by atoms with van der Waals surface area (Å²) in [4.78, 5) is 56.9. The highest BCUT2D eigenvalue weighted by Gasteiger charge is 2.39. The van der Waals surface area contributed by atoms with Gasteiger partial charge in [-0.25, -0.2) is 0 Å². The van der Waals surface area contributed by atoms with Gasteiger partial charge in [-0.15, -0.1) is 0 Å². The van der Waals surface area contributed by atoms with Gasteiger partial charge in [0.25, 0.3) is 0 Å². The number of benzene rings is 5. The number of aliphatic hydroxyl groups excluding tert-OH is 1. The third-order valence-electron chi connectivity index (χ3n) is 11.6. The molecule has 0 saturated heterocycles. The fraction of sp³-hybridized carbons (Fsp3) is 0.385. The Morgan fingerprint density at radius 1 is 0.642 bits per heavy atom. The topological polar surface area (TPSA) is 206 Å². The first kappa shape index (κ1) is 51.1. The van der Waals surface area contributed by atoms with E-state index < -0.39 is 59.3 Å². The van der Waals surface area contributed by atoms with E-state index >= 15 is 0 Å². The lowest BCUT2D eigenvalue weighted by molar-refractivity contribution is -0.135. The van der Waals surface area contributed by atoms with Gasteiger partial charge in [0.1, 0.15) is 29.6 Å². The molecule has 0 unspecified atom stereocenters. The van der Waals surface area contributed by atoms with Crippen LogP contribution in [0.4, 0.5) is 0 Å². The van der Waals surface area contributed by atoms with Crippen LogP contribution in [0.2, 0.25) is 0 Å². The van der Waals surface area contributed by atoms with E-state index in [4.69, 9.17) is 18.9 Å². The van der Waals surface area contributed by atoms with E-state index in [0.29, 0.717) is 34.1 Å². The standard InChI is InChI=1S/C52H65N5O10/c1-31(2)44(49(61)54-30-36-22-23-37(64-6)28-40(36)58)57-50(62)45(53-29-33-25-41(65-7)47(67-9)42(26-33)66-8)46(60)39(24-32-16-11-10-12-17-32)55-51(63)48(52(3,4)5)56-43(59)27-35-20-15-19-34-18-13-14-21-38(34)35/h10-23,25-26,28,31,39,44-46,48,53,58,60H,24,27,29-30H2,1-9H3,(H,54,61)(H,55,63)(H,56,59)(H,57,62)/t39-,44-,45+,46-,48+/m0/s1. The van der Waals surface area contributed by atoms with Crippen LogP contribution in [0, 0.1) is 11.3 Å². The van der Waals surface area contributed by atoms with Crippen molar-refractivity contribution < 1.29 is 48.3 Å².